The summed E-state index contributed by atoms with van der Waals surface area (Å²) in [7, 11) is 1.62. The number of nitrogens with one attached hydrogen (secondary N) is 1. The third-order valence-corrected chi connectivity index (χ3v) is 7.67. The normalized spacial score (nSPS) is 10.9. The van der Waals surface area contributed by atoms with Crippen molar-refractivity contribution in [1.82, 2.24) is 9.55 Å². The Morgan fingerprint density at radius 2 is 1.36 bits per heavy atom. The maximum Gasteiger partial charge on any atom is 0.265 e. The van der Waals surface area contributed by atoms with Crippen LogP contribution < -0.4 is 11.5 Å². The lowest BCUT2D eigenvalue weighted by Crippen LogP contribution is -2.16. The Bertz CT molecular complexity index is 2210. The number of nitrogens with zero attached hydrogens (tertiary/aromatic N) is 2. The molecule has 0 saturated heterocycles. The van der Waals surface area contributed by atoms with Gasteiger partial charge in [0.25, 0.3) is 11.8 Å². The van der Waals surface area contributed by atoms with Crippen molar-refractivity contribution in [3.8, 4) is 28.3 Å². The highest BCUT2D eigenvalue weighted by atomic mass is 19.2. The molecule has 0 fully saturated rings. The van der Waals surface area contributed by atoms with Crippen molar-refractivity contribution >= 4 is 33.6 Å². The summed E-state index contributed by atoms with van der Waals surface area (Å²) in [5.41, 5.74) is 16.2. The summed E-state index contributed by atoms with van der Waals surface area (Å²) >= 11 is 0. The van der Waals surface area contributed by atoms with Gasteiger partial charge >= 0.3 is 0 Å². The van der Waals surface area contributed by atoms with Crippen LogP contribution in [0.5, 0.6) is 0 Å². The number of aromatic amines is 1. The number of primary amides is 2. The lowest BCUT2D eigenvalue weighted by molar-refractivity contribution is 0.0985. The lowest BCUT2D eigenvalue weighted by Gasteiger charge is -2.08. The largest absolute Gasteiger partial charge is 0.364 e. The maximum atomic E-state index is 14.0. The monoisotopic (exact) mass is 611 g/mol. The Hall–Kier alpha value is -5.89. The Labute approximate surface area is 254 Å². The van der Waals surface area contributed by atoms with Gasteiger partial charge in [-0.2, -0.15) is 5.26 Å². The van der Waals surface area contributed by atoms with E-state index in [1.807, 2.05) is 6.07 Å². The van der Waals surface area contributed by atoms with Crippen LogP contribution in [0.15, 0.2) is 66.7 Å². The zero-order valence-electron chi connectivity index (χ0n) is 24.2. The smallest absolute Gasteiger partial charge is 0.265 e. The highest BCUT2D eigenvalue weighted by molar-refractivity contribution is 6.06. The minimum Gasteiger partial charge on any atom is -0.364 e. The minimum absolute atomic E-state index is 0.245. The van der Waals surface area contributed by atoms with Crippen molar-refractivity contribution in [1.29, 1.82) is 5.26 Å². The SMILES string of the molecule is Cc1c(C(N)=O)[nH]c2c(-c3ccc(C#N)cc3)cc(F)cc12.Cc1c(C(N)=O)n(C)c2c(-c3ccc(F)c(F)c3)cc(F)cc12. The van der Waals surface area contributed by atoms with Crippen LogP contribution in [-0.2, 0) is 7.05 Å². The van der Waals surface area contributed by atoms with E-state index in [0.29, 0.717) is 55.2 Å². The second kappa shape index (κ2) is 11.7. The minimum atomic E-state index is -1.03. The molecule has 5 N–H and O–H groups in total. The molecular weight excluding hydrogens is 586 g/mol. The van der Waals surface area contributed by atoms with E-state index in [2.05, 4.69) is 4.98 Å². The Balaban J connectivity index is 0.000000178. The summed E-state index contributed by atoms with van der Waals surface area (Å²) in [6, 6.07) is 17.5. The fourth-order valence-electron chi connectivity index (χ4n) is 5.56. The zero-order valence-corrected chi connectivity index (χ0v) is 24.2. The zero-order chi connectivity index (χ0) is 32.7. The van der Waals surface area contributed by atoms with Crippen LogP contribution >= 0.6 is 0 Å². The van der Waals surface area contributed by atoms with E-state index in [0.717, 1.165) is 17.7 Å². The van der Waals surface area contributed by atoms with Crippen LogP contribution in [0, 0.1) is 48.4 Å². The van der Waals surface area contributed by atoms with Crippen LogP contribution in [0.25, 0.3) is 44.1 Å². The van der Waals surface area contributed by atoms with Gasteiger partial charge in [0.1, 0.15) is 23.0 Å². The number of nitriles is 1. The Morgan fingerprint density at radius 1 is 0.756 bits per heavy atom. The van der Waals surface area contributed by atoms with Crippen LogP contribution in [0.1, 0.15) is 37.7 Å². The molecule has 45 heavy (non-hydrogen) atoms. The number of aromatic nitrogens is 2. The number of hydrogen-bond donors (Lipinski definition) is 3. The number of rotatable bonds is 4. The molecular formula is C34H25F4N5O2. The van der Waals surface area contributed by atoms with Crippen LogP contribution in [0.4, 0.5) is 17.6 Å². The first-order valence-corrected chi connectivity index (χ1v) is 13.5. The average molecular weight is 612 g/mol. The molecule has 226 valence electrons. The van der Waals surface area contributed by atoms with Crippen molar-refractivity contribution in [3.05, 3.63) is 118 Å². The van der Waals surface area contributed by atoms with Gasteiger partial charge in [-0.05, 0) is 84.6 Å². The standard InChI is InChI=1S/C17H13F3N2O.C17H12FN3O/c1-8-11-6-10(18)7-12(9-3-4-13(19)14(20)5-9)16(11)22(2)15(8)17(21)23;1-9-13-6-12(18)7-14(16(13)21-15(9)17(20)22)11-4-2-10(8-19)3-5-11/h3-7H,1-2H3,(H2,21,23);2-7,21H,1H3,(H2,20,22). The Morgan fingerprint density at radius 3 is 1.93 bits per heavy atom. The number of carbonyl (C=O) groups excluding carboxylic acids is 2. The molecule has 2 aromatic heterocycles. The van der Waals surface area contributed by atoms with Crippen molar-refractivity contribution in [2.24, 2.45) is 18.5 Å². The van der Waals surface area contributed by atoms with Crippen molar-refractivity contribution in [2.75, 3.05) is 0 Å². The molecule has 0 aliphatic rings. The molecule has 7 nitrogen and oxygen atoms in total. The van der Waals surface area contributed by atoms with E-state index in [4.69, 9.17) is 16.7 Å². The number of nitrogens with two attached hydrogens (primary N) is 2. The second-order valence-electron chi connectivity index (χ2n) is 10.4. The molecule has 2 amide bonds. The van der Waals surface area contributed by atoms with E-state index in [-0.39, 0.29) is 11.4 Å². The number of fused-ring (bicyclic) bond motifs is 2. The van der Waals surface area contributed by atoms with Gasteiger partial charge in [0.15, 0.2) is 11.6 Å². The van der Waals surface area contributed by atoms with E-state index in [9.17, 15) is 27.2 Å². The number of halogens is 4. The quantitative estimate of drug-likeness (QED) is 0.187. The summed E-state index contributed by atoms with van der Waals surface area (Å²) in [4.78, 5) is 26.1. The van der Waals surface area contributed by atoms with Crippen LogP contribution in [0.3, 0.4) is 0 Å². The van der Waals surface area contributed by atoms with Gasteiger partial charge < -0.3 is 21.0 Å². The van der Waals surface area contributed by atoms with Crippen LogP contribution in [0.2, 0.25) is 0 Å². The molecule has 0 atom stereocenters. The highest BCUT2D eigenvalue weighted by Gasteiger charge is 2.21. The number of H-pyrrole nitrogens is 1. The van der Waals surface area contributed by atoms with Gasteiger partial charge in [0.2, 0.25) is 0 Å². The lowest BCUT2D eigenvalue weighted by atomic mass is 10.0. The molecule has 6 aromatic rings. The summed E-state index contributed by atoms with van der Waals surface area (Å²) < 4.78 is 56.1. The fourth-order valence-corrected chi connectivity index (χ4v) is 5.56. The first-order chi connectivity index (χ1) is 21.3. The van der Waals surface area contributed by atoms with Gasteiger partial charge in [-0.15, -0.1) is 0 Å². The number of aryl methyl sites for hydroxylation is 3. The van der Waals surface area contributed by atoms with E-state index in [1.165, 1.54) is 30.3 Å². The molecule has 4 aromatic carbocycles. The molecule has 0 bridgehead atoms. The van der Waals surface area contributed by atoms with E-state index in [1.54, 1.807) is 49.7 Å². The fraction of sp³-hybridized carbons (Fsp3) is 0.0882. The van der Waals surface area contributed by atoms with Crippen molar-refractivity contribution < 1.29 is 27.2 Å². The topological polar surface area (TPSA) is 131 Å². The predicted octanol–water partition coefficient (Wildman–Crippen LogP) is 6.92. The average Bonchev–Trinajstić information content (AvgIpc) is 3.46. The first-order valence-electron chi connectivity index (χ1n) is 13.5. The molecule has 0 radical (unpaired) electrons. The van der Waals surface area contributed by atoms with Gasteiger partial charge in [0, 0.05) is 28.9 Å². The van der Waals surface area contributed by atoms with Gasteiger partial charge in [-0.1, -0.05) is 18.2 Å². The number of hydrogen-bond acceptors (Lipinski definition) is 3. The summed E-state index contributed by atoms with van der Waals surface area (Å²) in [5.74, 6) is -4.17. The summed E-state index contributed by atoms with van der Waals surface area (Å²) in [5, 5.41) is 9.97. The molecule has 6 rings (SSSR count). The van der Waals surface area contributed by atoms with Gasteiger partial charge in [-0.3, -0.25) is 9.59 Å². The summed E-state index contributed by atoms with van der Waals surface area (Å²) in [6.07, 6.45) is 0. The molecule has 0 unspecified atom stereocenters. The molecule has 11 heteroatoms. The highest BCUT2D eigenvalue weighted by Crippen LogP contribution is 2.35. The third kappa shape index (κ3) is 5.49. The second-order valence-corrected chi connectivity index (χ2v) is 10.4. The van der Waals surface area contributed by atoms with Crippen molar-refractivity contribution in [2.45, 2.75) is 13.8 Å². The van der Waals surface area contributed by atoms with Crippen molar-refractivity contribution in [3.63, 3.8) is 0 Å². The number of carbonyl (C=O) groups is 2. The van der Waals surface area contributed by atoms with E-state index >= 15 is 0 Å². The molecule has 0 saturated carbocycles. The molecule has 0 spiro atoms. The molecule has 0 aliphatic heterocycles. The first kappa shape index (κ1) is 30.6. The third-order valence-electron chi connectivity index (χ3n) is 7.67. The molecule has 0 aliphatic carbocycles. The predicted molar refractivity (Wildman–Crippen MR) is 163 cm³/mol. The summed E-state index contributed by atoms with van der Waals surface area (Å²) in [6.45, 7) is 3.39. The van der Waals surface area contributed by atoms with Gasteiger partial charge in [0.05, 0.1) is 22.7 Å². The van der Waals surface area contributed by atoms with Crippen LogP contribution in [-0.4, -0.2) is 21.4 Å². The maximum absolute atomic E-state index is 14.0. The number of amides is 2. The van der Waals surface area contributed by atoms with Gasteiger partial charge in [-0.25, -0.2) is 17.6 Å². The molecule has 2 heterocycles. The number of benzene rings is 4. The van der Waals surface area contributed by atoms with E-state index < -0.39 is 35.1 Å². The Kier molecular flexibility index (Phi) is 7.91.